The lowest BCUT2D eigenvalue weighted by molar-refractivity contribution is -0.143. The van der Waals surface area contributed by atoms with E-state index in [1.54, 1.807) is 42.5 Å². The van der Waals surface area contributed by atoms with Gasteiger partial charge in [0.1, 0.15) is 54.0 Å². The van der Waals surface area contributed by atoms with Crippen LogP contribution in [0.5, 0.6) is 5.75 Å². The van der Waals surface area contributed by atoms with E-state index in [0.29, 0.717) is 11.2 Å². The zero-order valence-corrected chi connectivity index (χ0v) is 25.7. The van der Waals surface area contributed by atoms with Gasteiger partial charge in [0, 0.05) is 0 Å². The van der Waals surface area contributed by atoms with E-state index in [4.69, 9.17) is 24.3 Å². The van der Waals surface area contributed by atoms with Crippen LogP contribution in [0.4, 0.5) is 5.82 Å². The Kier molecular flexibility index (Phi) is 10.6. The van der Waals surface area contributed by atoms with Crippen LogP contribution in [0.15, 0.2) is 53.8 Å². The first-order valence-corrected chi connectivity index (χ1v) is 15.9. The standard InChI is InChI=1S/C29H40N5O8P/c1-5-20(6-2)15-39-25(35)14-31-18-43(38,42-21-10-8-7-9-11-21)40-16-23-26(36)27(37)29(41-23,19(3)4)24-13-12-22-28(30)32-17-33-34(22)24/h7-13,17-20,23,26-27,36-37H,5-6,14-16H2,1-4H3,(H2,30,32,33)/t23-,26-,27-,29+,43?/m1/s1. The highest BCUT2D eigenvalue weighted by molar-refractivity contribution is 7.70. The lowest BCUT2D eigenvalue weighted by atomic mass is 9.81. The molecular formula is C29H40N5O8P. The number of hydrogen-bond donors (Lipinski definition) is 3. The molecule has 4 N–H and O–H groups in total. The summed E-state index contributed by atoms with van der Waals surface area (Å²) in [5.41, 5.74) is 5.56. The fraction of sp³-hybridized carbons (Fsp3) is 0.517. The van der Waals surface area contributed by atoms with Crippen LogP contribution in [0.3, 0.4) is 0 Å². The molecule has 234 valence electrons. The Labute approximate surface area is 250 Å². The van der Waals surface area contributed by atoms with Gasteiger partial charge in [0.25, 0.3) is 0 Å². The molecule has 0 aliphatic carbocycles. The highest BCUT2D eigenvalue weighted by Gasteiger charge is 2.58. The summed E-state index contributed by atoms with van der Waals surface area (Å²) in [6.07, 6.45) is -0.890. The smallest absolute Gasteiger partial charge is 0.421 e. The van der Waals surface area contributed by atoms with E-state index in [9.17, 15) is 19.6 Å². The Morgan fingerprint density at radius 1 is 1.21 bits per heavy atom. The van der Waals surface area contributed by atoms with Crippen LogP contribution in [0, 0.1) is 11.8 Å². The van der Waals surface area contributed by atoms with Gasteiger partial charge in [0.05, 0.1) is 18.9 Å². The number of anilines is 1. The topological polar surface area (TPSA) is 180 Å². The van der Waals surface area contributed by atoms with Gasteiger partial charge in [-0.15, -0.1) is 0 Å². The Hall–Kier alpha value is -3.35. The molecule has 43 heavy (non-hydrogen) atoms. The van der Waals surface area contributed by atoms with E-state index in [-0.39, 0.29) is 36.6 Å². The number of aromatic nitrogens is 3. The van der Waals surface area contributed by atoms with Crippen molar-refractivity contribution in [3.05, 3.63) is 54.5 Å². The number of aliphatic hydroxyl groups excluding tert-OH is 2. The molecule has 0 bridgehead atoms. The Morgan fingerprint density at radius 2 is 1.93 bits per heavy atom. The number of benzene rings is 1. The summed E-state index contributed by atoms with van der Waals surface area (Å²) >= 11 is 0. The molecule has 3 aromatic rings. The van der Waals surface area contributed by atoms with E-state index in [1.807, 2.05) is 27.7 Å². The first-order chi connectivity index (χ1) is 20.5. The fourth-order valence-corrected chi connectivity index (χ4v) is 6.32. The van der Waals surface area contributed by atoms with Crippen LogP contribution >= 0.6 is 7.60 Å². The third-order valence-electron chi connectivity index (χ3n) is 7.70. The van der Waals surface area contributed by atoms with Crippen molar-refractivity contribution < 1.29 is 38.1 Å². The van der Waals surface area contributed by atoms with Crippen molar-refractivity contribution in [1.29, 1.82) is 0 Å². The second kappa shape index (κ2) is 14.0. The predicted molar refractivity (Wildman–Crippen MR) is 160 cm³/mol. The third-order valence-corrected chi connectivity index (χ3v) is 9.12. The van der Waals surface area contributed by atoms with Gasteiger partial charge in [0.15, 0.2) is 5.82 Å². The molecule has 1 aromatic carbocycles. The Bertz CT molecular complexity index is 1450. The Balaban J connectivity index is 1.53. The lowest BCUT2D eigenvalue weighted by Crippen LogP contribution is -2.45. The van der Waals surface area contributed by atoms with Gasteiger partial charge in [0.2, 0.25) is 0 Å². The molecule has 1 aliphatic rings. The first kappa shape index (κ1) is 32.6. The molecule has 13 nitrogen and oxygen atoms in total. The molecule has 3 heterocycles. The van der Waals surface area contributed by atoms with E-state index in [1.165, 1.54) is 10.8 Å². The zero-order chi connectivity index (χ0) is 31.2. The molecule has 1 saturated heterocycles. The van der Waals surface area contributed by atoms with Crippen LogP contribution in [0.1, 0.15) is 46.2 Å². The van der Waals surface area contributed by atoms with Crippen LogP contribution in [-0.4, -0.2) is 74.8 Å². The van der Waals surface area contributed by atoms with Gasteiger partial charge < -0.3 is 29.9 Å². The maximum Gasteiger partial charge on any atom is 0.421 e. The summed E-state index contributed by atoms with van der Waals surface area (Å²) in [7, 11) is -4.13. The first-order valence-electron chi connectivity index (χ1n) is 14.3. The van der Waals surface area contributed by atoms with Gasteiger partial charge in [-0.2, -0.15) is 5.10 Å². The average molecular weight is 618 g/mol. The van der Waals surface area contributed by atoms with E-state index < -0.39 is 44.1 Å². The number of esters is 1. The van der Waals surface area contributed by atoms with E-state index >= 15 is 0 Å². The molecule has 1 unspecified atom stereocenters. The third kappa shape index (κ3) is 7.08. The van der Waals surface area contributed by atoms with Crippen LogP contribution in [0.25, 0.3) is 5.52 Å². The summed E-state index contributed by atoms with van der Waals surface area (Å²) in [6, 6.07) is 11.7. The van der Waals surface area contributed by atoms with Crippen molar-refractivity contribution in [3.63, 3.8) is 0 Å². The SMILES string of the molecule is CCC(CC)COC(=O)CN=CP(=O)(OC[C@H]1O[C@](c2ccc3c(N)ncnn23)(C(C)C)[C@H](O)[C@@H]1O)Oc1ccccc1. The molecule has 0 spiro atoms. The lowest BCUT2D eigenvalue weighted by Gasteiger charge is -2.35. The number of nitrogen functional groups attached to an aromatic ring is 1. The number of aliphatic imine (C=N–C) groups is 1. The number of para-hydroxylation sites is 1. The predicted octanol–water partition coefficient (Wildman–Crippen LogP) is 3.58. The zero-order valence-electron chi connectivity index (χ0n) is 24.8. The van der Waals surface area contributed by atoms with Gasteiger partial charge in [-0.05, 0) is 36.1 Å². The number of carbonyl (C=O) groups excluding carboxylic acids is 1. The molecule has 1 fully saturated rings. The monoisotopic (exact) mass is 617 g/mol. The van der Waals surface area contributed by atoms with Gasteiger partial charge in [-0.3, -0.25) is 14.3 Å². The number of carbonyl (C=O) groups is 1. The highest BCUT2D eigenvalue weighted by Crippen LogP contribution is 2.49. The highest BCUT2D eigenvalue weighted by atomic mass is 31.2. The molecule has 4 rings (SSSR count). The van der Waals surface area contributed by atoms with Crippen LogP contribution in [-0.2, 0) is 29.0 Å². The molecule has 5 atom stereocenters. The van der Waals surface area contributed by atoms with Crippen molar-refractivity contribution in [2.45, 2.75) is 64.4 Å². The number of fused-ring (bicyclic) bond motifs is 1. The number of nitrogens with zero attached hydrogens (tertiary/aromatic N) is 4. The number of hydrogen-bond acceptors (Lipinski definition) is 12. The fourth-order valence-electron chi connectivity index (χ4n) is 5.10. The molecule has 0 radical (unpaired) electrons. The summed E-state index contributed by atoms with van der Waals surface area (Å²) in [4.78, 5) is 20.2. The van der Waals surface area contributed by atoms with Gasteiger partial charge in [-0.25, -0.2) is 14.1 Å². The van der Waals surface area contributed by atoms with Crippen LogP contribution in [0.2, 0.25) is 0 Å². The number of rotatable bonds is 14. The normalized spacial score (nSPS) is 23.8. The summed E-state index contributed by atoms with van der Waals surface area (Å²) in [5.74, 6) is 0.769. The largest absolute Gasteiger partial charge is 0.464 e. The summed E-state index contributed by atoms with van der Waals surface area (Å²) in [5, 5.41) is 26.7. The molecule has 2 aromatic heterocycles. The summed E-state index contributed by atoms with van der Waals surface area (Å²) in [6.45, 7) is 7.19. The van der Waals surface area contributed by atoms with Gasteiger partial charge in [-0.1, -0.05) is 58.7 Å². The molecule has 14 heteroatoms. The summed E-state index contributed by atoms with van der Waals surface area (Å²) < 4.78 is 38.4. The van der Waals surface area contributed by atoms with Crippen LogP contribution < -0.4 is 10.3 Å². The second-order valence-corrected chi connectivity index (χ2v) is 12.5. The minimum absolute atomic E-state index is 0.241. The number of ether oxygens (including phenoxy) is 2. The van der Waals surface area contributed by atoms with Crippen molar-refractivity contribution in [2.24, 2.45) is 16.8 Å². The Morgan fingerprint density at radius 3 is 2.60 bits per heavy atom. The van der Waals surface area contributed by atoms with Crippen molar-refractivity contribution in [3.8, 4) is 5.75 Å². The van der Waals surface area contributed by atoms with Gasteiger partial charge >= 0.3 is 13.6 Å². The van der Waals surface area contributed by atoms with E-state index in [2.05, 4.69) is 15.1 Å². The maximum atomic E-state index is 13.8. The molecule has 0 saturated carbocycles. The number of nitrogens with two attached hydrogens (primary N) is 1. The second-order valence-electron chi connectivity index (χ2n) is 10.8. The number of aliphatic hydroxyl groups is 2. The van der Waals surface area contributed by atoms with E-state index in [0.717, 1.165) is 18.8 Å². The molecular weight excluding hydrogens is 577 g/mol. The average Bonchev–Trinajstić information content (AvgIpc) is 3.53. The molecule has 1 aliphatic heterocycles. The van der Waals surface area contributed by atoms with Crippen molar-refractivity contribution >= 4 is 30.9 Å². The van der Waals surface area contributed by atoms with Crippen molar-refractivity contribution in [1.82, 2.24) is 14.6 Å². The molecule has 0 amide bonds. The quantitative estimate of drug-likeness (QED) is 0.137. The minimum atomic E-state index is -4.13. The minimum Gasteiger partial charge on any atom is -0.464 e. The van der Waals surface area contributed by atoms with Crippen molar-refractivity contribution in [2.75, 3.05) is 25.5 Å². The maximum absolute atomic E-state index is 13.8.